The van der Waals surface area contributed by atoms with Gasteiger partial charge in [0.25, 0.3) is 0 Å². The molecular weight excluding hydrogens is 571 g/mol. The molecule has 0 saturated heterocycles. The van der Waals surface area contributed by atoms with Crippen molar-refractivity contribution in [3.63, 3.8) is 0 Å². The molecular formula is C44H29N3. The molecule has 2 aromatic heterocycles. The van der Waals surface area contributed by atoms with Gasteiger partial charge >= 0.3 is 0 Å². The van der Waals surface area contributed by atoms with Crippen molar-refractivity contribution in [1.29, 1.82) is 0 Å². The monoisotopic (exact) mass is 599 g/mol. The topological polar surface area (TPSA) is 30.7 Å². The van der Waals surface area contributed by atoms with Crippen molar-refractivity contribution in [2.45, 2.75) is 0 Å². The second-order valence-electron chi connectivity index (χ2n) is 11.9. The highest BCUT2D eigenvalue weighted by atomic mass is 15.0. The Morgan fingerprint density at radius 1 is 0.362 bits per heavy atom. The molecule has 0 bridgehead atoms. The minimum atomic E-state index is 0.696. The number of fused-ring (bicyclic) bond motifs is 4. The van der Waals surface area contributed by atoms with E-state index in [0.29, 0.717) is 5.82 Å². The van der Waals surface area contributed by atoms with E-state index in [1.807, 2.05) is 12.1 Å². The predicted molar refractivity (Wildman–Crippen MR) is 196 cm³/mol. The molecule has 0 amide bonds. The van der Waals surface area contributed by atoms with Crippen LogP contribution in [0, 0.1) is 0 Å². The standard InChI is InChI=1S/C44H29N3/c1-4-14-30(15-5-1)37-27-35(44-45-39(31-16-6-2-7-17-31)29-40(46-44)32-18-8-3-9-19-32)24-25-42(37)47-41-23-13-12-22-36(41)38-26-33-20-10-11-21-34(33)28-43(38)47/h1-29H. The molecule has 2 heterocycles. The molecule has 0 fully saturated rings. The molecule has 0 atom stereocenters. The van der Waals surface area contributed by atoms with Crippen LogP contribution in [-0.2, 0) is 0 Å². The van der Waals surface area contributed by atoms with Crippen LogP contribution in [0.25, 0.3) is 83.3 Å². The average molecular weight is 600 g/mol. The van der Waals surface area contributed by atoms with Crippen molar-refractivity contribution < 1.29 is 0 Å². The lowest BCUT2D eigenvalue weighted by Gasteiger charge is -2.16. The molecule has 0 radical (unpaired) electrons. The van der Waals surface area contributed by atoms with E-state index in [2.05, 4.69) is 168 Å². The van der Waals surface area contributed by atoms with E-state index in [9.17, 15) is 0 Å². The van der Waals surface area contributed by atoms with Gasteiger partial charge in [-0.25, -0.2) is 9.97 Å². The summed E-state index contributed by atoms with van der Waals surface area (Å²) in [5.74, 6) is 0.696. The van der Waals surface area contributed by atoms with Gasteiger partial charge < -0.3 is 4.57 Å². The summed E-state index contributed by atoms with van der Waals surface area (Å²) in [7, 11) is 0. The van der Waals surface area contributed by atoms with Crippen LogP contribution >= 0.6 is 0 Å². The van der Waals surface area contributed by atoms with E-state index in [4.69, 9.17) is 9.97 Å². The molecule has 3 nitrogen and oxygen atoms in total. The Bertz CT molecular complexity index is 2490. The van der Waals surface area contributed by atoms with Gasteiger partial charge in [0.1, 0.15) is 0 Å². The maximum Gasteiger partial charge on any atom is 0.160 e. The van der Waals surface area contributed by atoms with Crippen molar-refractivity contribution in [2.24, 2.45) is 0 Å². The average Bonchev–Trinajstić information content (AvgIpc) is 3.47. The molecule has 47 heavy (non-hydrogen) atoms. The predicted octanol–water partition coefficient (Wildman–Crippen LogP) is 11.4. The van der Waals surface area contributed by atoms with Crippen molar-refractivity contribution in [3.8, 4) is 50.7 Å². The van der Waals surface area contributed by atoms with Gasteiger partial charge in [0.05, 0.1) is 28.1 Å². The Morgan fingerprint density at radius 2 is 0.915 bits per heavy atom. The first-order valence-corrected chi connectivity index (χ1v) is 15.9. The molecule has 0 aliphatic heterocycles. The van der Waals surface area contributed by atoms with Gasteiger partial charge in [-0.3, -0.25) is 0 Å². The maximum absolute atomic E-state index is 5.14. The van der Waals surface area contributed by atoms with E-state index < -0.39 is 0 Å². The van der Waals surface area contributed by atoms with Crippen LogP contribution in [0.15, 0.2) is 176 Å². The van der Waals surface area contributed by atoms with Crippen LogP contribution in [-0.4, -0.2) is 14.5 Å². The Hall–Kier alpha value is -6.32. The number of para-hydroxylation sites is 1. The number of rotatable bonds is 5. The van der Waals surface area contributed by atoms with Gasteiger partial charge in [0, 0.05) is 33.0 Å². The zero-order chi connectivity index (χ0) is 31.2. The fourth-order valence-corrected chi connectivity index (χ4v) is 6.72. The lowest BCUT2D eigenvalue weighted by Crippen LogP contribution is -2.00. The Balaban J connectivity index is 1.31. The normalized spacial score (nSPS) is 11.4. The van der Waals surface area contributed by atoms with Gasteiger partial charge in [-0.05, 0) is 58.8 Å². The van der Waals surface area contributed by atoms with Crippen LogP contribution in [0.3, 0.4) is 0 Å². The second kappa shape index (κ2) is 11.2. The van der Waals surface area contributed by atoms with Crippen molar-refractivity contribution >= 4 is 32.6 Å². The number of hydrogen-bond acceptors (Lipinski definition) is 2. The molecule has 0 N–H and O–H groups in total. The van der Waals surface area contributed by atoms with Gasteiger partial charge in [-0.15, -0.1) is 0 Å². The Kier molecular flexibility index (Phi) is 6.46. The zero-order valence-corrected chi connectivity index (χ0v) is 25.6. The molecule has 0 aliphatic carbocycles. The van der Waals surface area contributed by atoms with Crippen LogP contribution in [0.1, 0.15) is 0 Å². The number of nitrogens with zero attached hydrogens (tertiary/aromatic N) is 3. The van der Waals surface area contributed by atoms with Crippen molar-refractivity contribution in [3.05, 3.63) is 176 Å². The lowest BCUT2D eigenvalue weighted by molar-refractivity contribution is 1.16. The summed E-state index contributed by atoms with van der Waals surface area (Å²) in [5.41, 5.74) is 10.6. The smallest absolute Gasteiger partial charge is 0.160 e. The van der Waals surface area contributed by atoms with Gasteiger partial charge in [0.2, 0.25) is 0 Å². The van der Waals surface area contributed by atoms with E-state index >= 15 is 0 Å². The first-order chi connectivity index (χ1) is 23.3. The maximum atomic E-state index is 5.14. The molecule has 3 heteroatoms. The molecule has 0 unspecified atom stereocenters. The van der Waals surface area contributed by atoms with Crippen molar-refractivity contribution in [1.82, 2.24) is 14.5 Å². The van der Waals surface area contributed by atoms with Crippen LogP contribution in [0.5, 0.6) is 0 Å². The van der Waals surface area contributed by atoms with Gasteiger partial charge in [-0.2, -0.15) is 0 Å². The van der Waals surface area contributed by atoms with E-state index in [1.54, 1.807) is 0 Å². The summed E-state index contributed by atoms with van der Waals surface area (Å²) in [6.07, 6.45) is 0. The number of aromatic nitrogens is 3. The van der Waals surface area contributed by atoms with Gasteiger partial charge in [-0.1, -0.05) is 133 Å². The zero-order valence-electron chi connectivity index (χ0n) is 25.6. The van der Waals surface area contributed by atoms with E-state index in [1.165, 1.54) is 32.6 Å². The first-order valence-electron chi connectivity index (χ1n) is 15.9. The van der Waals surface area contributed by atoms with Crippen LogP contribution < -0.4 is 0 Å². The molecule has 0 spiro atoms. The molecule has 9 rings (SSSR count). The van der Waals surface area contributed by atoms with Crippen LogP contribution in [0.4, 0.5) is 0 Å². The third-order valence-corrected chi connectivity index (χ3v) is 8.99. The quantitative estimate of drug-likeness (QED) is 0.197. The molecule has 0 saturated carbocycles. The molecule has 0 aliphatic rings. The summed E-state index contributed by atoms with van der Waals surface area (Å²) in [5, 5.41) is 4.95. The SMILES string of the molecule is c1ccc(-c2cc(-c3ccccc3)nc(-c3ccc(-n4c5ccccc5c5cc6ccccc6cc54)c(-c4ccccc4)c3)n2)cc1. The Labute approximate surface area is 273 Å². The lowest BCUT2D eigenvalue weighted by atomic mass is 9.99. The highest BCUT2D eigenvalue weighted by molar-refractivity contribution is 6.14. The third kappa shape index (κ3) is 4.77. The minimum Gasteiger partial charge on any atom is -0.309 e. The summed E-state index contributed by atoms with van der Waals surface area (Å²) in [6.45, 7) is 0. The fourth-order valence-electron chi connectivity index (χ4n) is 6.72. The van der Waals surface area contributed by atoms with E-state index in [-0.39, 0.29) is 0 Å². The number of benzene rings is 7. The molecule has 220 valence electrons. The molecule has 7 aromatic carbocycles. The second-order valence-corrected chi connectivity index (χ2v) is 11.9. The van der Waals surface area contributed by atoms with Crippen molar-refractivity contribution in [2.75, 3.05) is 0 Å². The highest BCUT2D eigenvalue weighted by Crippen LogP contribution is 2.39. The summed E-state index contributed by atoms with van der Waals surface area (Å²) in [4.78, 5) is 10.3. The Morgan fingerprint density at radius 3 is 1.57 bits per heavy atom. The largest absolute Gasteiger partial charge is 0.309 e. The highest BCUT2D eigenvalue weighted by Gasteiger charge is 2.18. The van der Waals surface area contributed by atoms with Crippen LogP contribution in [0.2, 0.25) is 0 Å². The first kappa shape index (κ1) is 27.0. The fraction of sp³-hybridized carbons (Fsp3) is 0. The van der Waals surface area contributed by atoms with Gasteiger partial charge in [0.15, 0.2) is 5.82 Å². The number of hydrogen-bond donors (Lipinski definition) is 0. The summed E-state index contributed by atoms with van der Waals surface area (Å²) in [6, 6.07) is 62.0. The molecule has 9 aromatic rings. The summed E-state index contributed by atoms with van der Waals surface area (Å²) >= 11 is 0. The third-order valence-electron chi connectivity index (χ3n) is 8.99. The summed E-state index contributed by atoms with van der Waals surface area (Å²) < 4.78 is 2.42. The minimum absolute atomic E-state index is 0.696. The van der Waals surface area contributed by atoms with E-state index in [0.717, 1.165) is 44.9 Å².